The predicted octanol–water partition coefficient (Wildman–Crippen LogP) is 3.85. The number of aromatic nitrogens is 1. The van der Waals surface area contributed by atoms with E-state index in [1.54, 1.807) is 0 Å². The molecule has 3 heteroatoms. The van der Waals surface area contributed by atoms with Gasteiger partial charge in [0, 0.05) is 17.1 Å². The van der Waals surface area contributed by atoms with Crippen molar-refractivity contribution in [2.75, 3.05) is 6.54 Å². The van der Waals surface area contributed by atoms with Crippen LogP contribution in [0.15, 0.2) is 54.7 Å². The second-order valence-electron chi connectivity index (χ2n) is 4.83. The van der Waals surface area contributed by atoms with E-state index < -0.39 is 0 Å². The third-order valence-electron chi connectivity index (χ3n) is 3.37. The lowest BCUT2D eigenvalue weighted by Crippen LogP contribution is -1.99. The highest BCUT2D eigenvalue weighted by atomic mass is 16.5. The van der Waals surface area contributed by atoms with E-state index in [4.69, 9.17) is 10.5 Å². The third kappa shape index (κ3) is 2.68. The Labute approximate surface area is 118 Å². The van der Waals surface area contributed by atoms with Crippen molar-refractivity contribution in [3.8, 4) is 11.5 Å². The van der Waals surface area contributed by atoms with Crippen LogP contribution in [0.3, 0.4) is 0 Å². The van der Waals surface area contributed by atoms with Crippen molar-refractivity contribution in [1.29, 1.82) is 0 Å². The fourth-order valence-corrected chi connectivity index (χ4v) is 2.34. The molecule has 0 bridgehead atoms. The van der Waals surface area contributed by atoms with Gasteiger partial charge < -0.3 is 15.5 Å². The van der Waals surface area contributed by atoms with Crippen LogP contribution in [-0.2, 0) is 6.42 Å². The molecule has 102 valence electrons. The Bertz CT molecular complexity index is 689. The van der Waals surface area contributed by atoms with Gasteiger partial charge in [0.25, 0.3) is 0 Å². The second-order valence-corrected chi connectivity index (χ2v) is 4.83. The summed E-state index contributed by atoms with van der Waals surface area (Å²) in [5, 5.41) is 1.21. The highest BCUT2D eigenvalue weighted by Gasteiger charge is 2.05. The van der Waals surface area contributed by atoms with Gasteiger partial charge in [-0.1, -0.05) is 18.2 Å². The Hall–Kier alpha value is -2.26. The Morgan fingerprint density at radius 2 is 1.85 bits per heavy atom. The van der Waals surface area contributed by atoms with Crippen LogP contribution >= 0.6 is 0 Å². The number of nitrogens with one attached hydrogen (secondary N) is 1. The molecular weight excluding hydrogens is 248 g/mol. The normalized spacial score (nSPS) is 10.8. The molecule has 0 spiro atoms. The molecule has 0 saturated heterocycles. The Morgan fingerprint density at radius 3 is 2.65 bits per heavy atom. The smallest absolute Gasteiger partial charge is 0.128 e. The molecule has 0 aliphatic heterocycles. The zero-order valence-corrected chi connectivity index (χ0v) is 11.3. The van der Waals surface area contributed by atoms with Gasteiger partial charge >= 0.3 is 0 Å². The maximum atomic E-state index is 5.88. The molecule has 0 amide bonds. The first-order valence-electron chi connectivity index (χ1n) is 6.90. The summed E-state index contributed by atoms with van der Waals surface area (Å²) >= 11 is 0. The minimum Gasteiger partial charge on any atom is -0.457 e. The summed E-state index contributed by atoms with van der Waals surface area (Å²) in [5.74, 6) is 1.71. The van der Waals surface area contributed by atoms with Gasteiger partial charge in [0.1, 0.15) is 11.5 Å². The van der Waals surface area contributed by atoms with Crippen LogP contribution in [0, 0.1) is 0 Å². The van der Waals surface area contributed by atoms with Crippen molar-refractivity contribution in [2.45, 2.75) is 12.8 Å². The van der Waals surface area contributed by atoms with Crippen LogP contribution in [-0.4, -0.2) is 11.5 Å². The number of aromatic amines is 1. The number of para-hydroxylation sites is 1. The van der Waals surface area contributed by atoms with E-state index in [2.05, 4.69) is 23.3 Å². The Kier molecular flexibility index (Phi) is 3.70. The van der Waals surface area contributed by atoms with Gasteiger partial charge in [-0.25, -0.2) is 0 Å². The molecule has 0 unspecified atom stereocenters. The summed E-state index contributed by atoms with van der Waals surface area (Å²) in [5.41, 5.74) is 8.02. The SMILES string of the molecule is NCCCc1c[nH]c2ccc(Oc3ccccc3)cc12. The molecule has 1 aromatic heterocycles. The quantitative estimate of drug-likeness (QED) is 0.737. The van der Waals surface area contributed by atoms with Crippen molar-refractivity contribution < 1.29 is 4.74 Å². The van der Waals surface area contributed by atoms with Gasteiger partial charge in [-0.15, -0.1) is 0 Å². The molecule has 0 radical (unpaired) electrons. The van der Waals surface area contributed by atoms with Gasteiger partial charge in [-0.2, -0.15) is 0 Å². The number of H-pyrrole nitrogens is 1. The summed E-state index contributed by atoms with van der Waals surface area (Å²) < 4.78 is 5.88. The van der Waals surface area contributed by atoms with Crippen LogP contribution in [0.5, 0.6) is 11.5 Å². The zero-order valence-electron chi connectivity index (χ0n) is 11.3. The number of hydrogen-bond donors (Lipinski definition) is 2. The van der Waals surface area contributed by atoms with Gasteiger partial charge in [0.15, 0.2) is 0 Å². The van der Waals surface area contributed by atoms with Crippen molar-refractivity contribution in [1.82, 2.24) is 4.98 Å². The highest BCUT2D eigenvalue weighted by molar-refractivity contribution is 5.84. The van der Waals surface area contributed by atoms with Crippen LogP contribution in [0.4, 0.5) is 0 Å². The van der Waals surface area contributed by atoms with Crippen molar-refractivity contribution in [2.24, 2.45) is 5.73 Å². The molecule has 3 rings (SSSR count). The number of benzene rings is 2. The predicted molar refractivity (Wildman–Crippen MR) is 82.2 cm³/mol. The molecule has 3 N–H and O–H groups in total. The van der Waals surface area contributed by atoms with Crippen molar-refractivity contribution in [3.05, 3.63) is 60.3 Å². The second kappa shape index (κ2) is 5.80. The van der Waals surface area contributed by atoms with Crippen LogP contribution in [0.1, 0.15) is 12.0 Å². The fraction of sp³-hybridized carbons (Fsp3) is 0.176. The molecule has 0 fully saturated rings. The number of rotatable bonds is 5. The number of ether oxygens (including phenoxy) is 1. The van der Waals surface area contributed by atoms with E-state index in [1.807, 2.05) is 36.4 Å². The van der Waals surface area contributed by atoms with Gasteiger partial charge in [-0.05, 0) is 55.3 Å². The molecule has 0 atom stereocenters. The topological polar surface area (TPSA) is 51.0 Å². The summed E-state index contributed by atoms with van der Waals surface area (Å²) in [6.45, 7) is 0.715. The molecule has 1 heterocycles. The lowest BCUT2D eigenvalue weighted by molar-refractivity contribution is 0.483. The summed E-state index contributed by atoms with van der Waals surface area (Å²) in [6.07, 6.45) is 4.05. The van der Waals surface area contributed by atoms with E-state index in [9.17, 15) is 0 Å². The first-order chi connectivity index (χ1) is 9.86. The van der Waals surface area contributed by atoms with Crippen molar-refractivity contribution in [3.63, 3.8) is 0 Å². The standard InChI is InChI=1S/C17H18N2O/c18-10-4-5-13-12-19-17-9-8-15(11-16(13)17)20-14-6-2-1-3-7-14/h1-3,6-9,11-12,19H,4-5,10,18H2. The number of nitrogens with two attached hydrogens (primary N) is 1. The van der Waals surface area contributed by atoms with Gasteiger partial charge in [-0.3, -0.25) is 0 Å². The average molecular weight is 266 g/mol. The molecule has 2 aromatic carbocycles. The summed E-state index contributed by atoms with van der Waals surface area (Å²) in [6, 6.07) is 16.0. The summed E-state index contributed by atoms with van der Waals surface area (Å²) in [7, 11) is 0. The van der Waals surface area contributed by atoms with Crippen molar-refractivity contribution >= 4 is 10.9 Å². The molecule has 0 aliphatic carbocycles. The number of fused-ring (bicyclic) bond motifs is 1. The maximum absolute atomic E-state index is 5.88. The minimum atomic E-state index is 0.715. The molecular formula is C17H18N2O. The van der Waals surface area contributed by atoms with Gasteiger partial charge in [0.05, 0.1) is 0 Å². The van der Waals surface area contributed by atoms with Gasteiger partial charge in [0.2, 0.25) is 0 Å². The third-order valence-corrected chi connectivity index (χ3v) is 3.37. The van der Waals surface area contributed by atoms with Crippen LogP contribution in [0.2, 0.25) is 0 Å². The first-order valence-corrected chi connectivity index (χ1v) is 6.90. The highest BCUT2D eigenvalue weighted by Crippen LogP contribution is 2.27. The average Bonchev–Trinajstić information content (AvgIpc) is 2.89. The largest absolute Gasteiger partial charge is 0.457 e. The number of hydrogen-bond acceptors (Lipinski definition) is 2. The minimum absolute atomic E-state index is 0.715. The summed E-state index contributed by atoms with van der Waals surface area (Å²) in [4.78, 5) is 3.29. The van der Waals surface area contributed by atoms with E-state index in [-0.39, 0.29) is 0 Å². The maximum Gasteiger partial charge on any atom is 0.128 e. The molecule has 3 aromatic rings. The monoisotopic (exact) mass is 266 g/mol. The Balaban J connectivity index is 1.89. The lowest BCUT2D eigenvalue weighted by Gasteiger charge is -2.06. The molecule has 20 heavy (non-hydrogen) atoms. The molecule has 0 aliphatic rings. The van der Waals surface area contributed by atoms with E-state index in [1.165, 1.54) is 10.9 Å². The van der Waals surface area contributed by atoms with E-state index >= 15 is 0 Å². The van der Waals surface area contributed by atoms with Crippen LogP contribution < -0.4 is 10.5 Å². The fourth-order valence-electron chi connectivity index (χ4n) is 2.34. The van der Waals surface area contributed by atoms with E-state index in [0.29, 0.717) is 6.54 Å². The molecule has 0 saturated carbocycles. The van der Waals surface area contributed by atoms with Crippen LogP contribution in [0.25, 0.3) is 10.9 Å². The first kappa shape index (κ1) is 12.8. The Morgan fingerprint density at radius 1 is 1.00 bits per heavy atom. The molecule has 3 nitrogen and oxygen atoms in total. The van der Waals surface area contributed by atoms with E-state index in [0.717, 1.165) is 29.9 Å². The number of aryl methyl sites for hydroxylation is 1. The lowest BCUT2D eigenvalue weighted by atomic mass is 10.1. The zero-order chi connectivity index (χ0) is 13.8.